The maximum absolute atomic E-state index is 12.2. The maximum atomic E-state index is 12.2. The summed E-state index contributed by atoms with van der Waals surface area (Å²) in [5.41, 5.74) is -0.823. The monoisotopic (exact) mass is 256 g/mol. The van der Waals surface area contributed by atoms with Crippen LogP contribution in [0.25, 0.3) is 0 Å². The summed E-state index contributed by atoms with van der Waals surface area (Å²) in [6.07, 6.45) is 2.67. The lowest BCUT2D eigenvalue weighted by Crippen LogP contribution is -2.56. The number of carbonyl (C=O) groups excluding carboxylic acids is 1. The molecule has 0 bridgehead atoms. The Hall–Kier alpha value is -0.610. The molecule has 1 amide bonds. The van der Waals surface area contributed by atoms with E-state index < -0.39 is 5.60 Å². The molecule has 0 aromatic heterocycles. The molecule has 2 N–H and O–H groups in total. The molecule has 1 rings (SSSR count). The number of nitrogens with one attached hydrogen (secondary N) is 1. The van der Waals surface area contributed by atoms with Crippen molar-refractivity contribution >= 4 is 5.91 Å². The fourth-order valence-electron chi connectivity index (χ4n) is 2.28. The first-order chi connectivity index (χ1) is 8.17. The number of nitrogens with zero attached hydrogens (tertiary/aromatic N) is 1. The standard InChI is InChI=1S/C14H28N2O2/c1-6-13(3,4)15-12(17)11(2)16-9-7-8-14(5,18)10-16/h11,18H,6-10H2,1-5H3,(H,15,17). The van der Waals surface area contributed by atoms with E-state index in [9.17, 15) is 9.90 Å². The molecule has 1 aliphatic heterocycles. The van der Waals surface area contributed by atoms with E-state index in [1.807, 2.05) is 27.7 Å². The number of aliphatic hydroxyl groups is 1. The molecular weight excluding hydrogens is 228 g/mol. The van der Waals surface area contributed by atoms with Gasteiger partial charge in [0.2, 0.25) is 5.91 Å². The minimum atomic E-state index is -0.660. The van der Waals surface area contributed by atoms with Crippen LogP contribution in [0.5, 0.6) is 0 Å². The van der Waals surface area contributed by atoms with E-state index in [1.165, 1.54) is 0 Å². The van der Waals surface area contributed by atoms with Crippen molar-refractivity contribution in [2.75, 3.05) is 13.1 Å². The van der Waals surface area contributed by atoms with E-state index in [4.69, 9.17) is 0 Å². The van der Waals surface area contributed by atoms with Crippen LogP contribution in [0.4, 0.5) is 0 Å². The van der Waals surface area contributed by atoms with Gasteiger partial charge in [-0.25, -0.2) is 0 Å². The number of rotatable bonds is 4. The highest BCUT2D eigenvalue weighted by atomic mass is 16.3. The second kappa shape index (κ2) is 5.57. The van der Waals surface area contributed by atoms with Crippen LogP contribution < -0.4 is 5.32 Å². The number of hydrogen-bond donors (Lipinski definition) is 2. The number of β-amino-alcohol motifs (C(OH)–C–C–N with tert-alkyl or cyclic N) is 1. The van der Waals surface area contributed by atoms with Crippen LogP contribution in [0, 0.1) is 0 Å². The lowest BCUT2D eigenvalue weighted by atomic mass is 9.94. The van der Waals surface area contributed by atoms with Crippen molar-refractivity contribution in [1.29, 1.82) is 0 Å². The van der Waals surface area contributed by atoms with E-state index >= 15 is 0 Å². The van der Waals surface area contributed by atoms with Gasteiger partial charge in [0.05, 0.1) is 11.6 Å². The summed E-state index contributed by atoms with van der Waals surface area (Å²) in [5.74, 6) is 0.0551. The van der Waals surface area contributed by atoms with Crippen LogP contribution >= 0.6 is 0 Å². The molecule has 18 heavy (non-hydrogen) atoms. The predicted molar refractivity (Wildman–Crippen MR) is 73.4 cm³/mol. The Labute approximate surface area is 111 Å². The van der Waals surface area contributed by atoms with Crippen molar-refractivity contribution in [3.05, 3.63) is 0 Å². The SMILES string of the molecule is CCC(C)(C)NC(=O)C(C)N1CCCC(C)(O)C1. The third-order valence-electron chi connectivity index (χ3n) is 3.98. The van der Waals surface area contributed by atoms with Crippen molar-refractivity contribution in [3.63, 3.8) is 0 Å². The van der Waals surface area contributed by atoms with E-state index in [1.54, 1.807) is 0 Å². The van der Waals surface area contributed by atoms with Gasteiger partial charge in [-0.2, -0.15) is 0 Å². The van der Waals surface area contributed by atoms with E-state index in [2.05, 4.69) is 17.1 Å². The largest absolute Gasteiger partial charge is 0.389 e. The molecule has 0 aromatic carbocycles. The van der Waals surface area contributed by atoms with Crippen LogP contribution in [-0.4, -0.2) is 46.2 Å². The van der Waals surface area contributed by atoms with Crippen LogP contribution in [0.1, 0.15) is 53.9 Å². The zero-order valence-corrected chi connectivity index (χ0v) is 12.4. The molecule has 1 saturated heterocycles. The lowest BCUT2D eigenvalue weighted by molar-refractivity contribution is -0.130. The minimum absolute atomic E-state index is 0.0551. The van der Waals surface area contributed by atoms with E-state index in [-0.39, 0.29) is 17.5 Å². The Balaban J connectivity index is 2.58. The molecule has 4 nitrogen and oxygen atoms in total. The van der Waals surface area contributed by atoms with Crippen molar-refractivity contribution in [3.8, 4) is 0 Å². The number of likely N-dealkylation sites (tertiary alicyclic amines) is 1. The first kappa shape index (κ1) is 15.4. The van der Waals surface area contributed by atoms with Crippen LogP contribution in [-0.2, 0) is 4.79 Å². The van der Waals surface area contributed by atoms with Gasteiger partial charge in [-0.3, -0.25) is 9.69 Å². The Kier molecular flexibility index (Phi) is 4.78. The van der Waals surface area contributed by atoms with Gasteiger partial charge in [0.15, 0.2) is 0 Å². The molecule has 1 aliphatic rings. The zero-order valence-electron chi connectivity index (χ0n) is 12.4. The summed E-state index contributed by atoms with van der Waals surface area (Å²) in [5, 5.41) is 13.1. The van der Waals surface area contributed by atoms with Gasteiger partial charge in [-0.05, 0) is 53.5 Å². The molecule has 0 aromatic rings. The smallest absolute Gasteiger partial charge is 0.237 e. The van der Waals surface area contributed by atoms with Crippen LogP contribution in [0.3, 0.4) is 0 Å². The minimum Gasteiger partial charge on any atom is -0.389 e. The fourth-order valence-corrected chi connectivity index (χ4v) is 2.28. The Morgan fingerprint density at radius 1 is 1.56 bits per heavy atom. The summed E-state index contributed by atoms with van der Waals surface area (Å²) in [4.78, 5) is 14.3. The summed E-state index contributed by atoms with van der Waals surface area (Å²) in [7, 11) is 0. The molecular formula is C14H28N2O2. The second-order valence-corrected chi connectivity index (χ2v) is 6.47. The third-order valence-corrected chi connectivity index (χ3v) is 3.98. The van der Waals surface area contributed by atoms with Crippen molar-refractivity contribution in [1.82, 2.24) is 10.2 Å². The summed E-state index contributed by atoms with van der Waals surface area (Å²) in [6.45, 7) is 11.4. The number of piperidine rings is 1. The van der Waals surface area contributed by atoms with E-state index in [0.717, 1.165) is 25.8 Å². The molecule has 0 radical (unpaired) electrons. The number of amides is 1. The van der Waals surface area contributed by atoms with Crippen LogP contribution in [0.2, 0.25) is 0 Å². The molecule has 106 valence electrons. The summed E-state index contributed by atoms with van der Waals surface area (Å²) < 4.78 is 0. The van der Waals surface area contributed by atoms with Gasteiger partial charge in [-0.1, -0.05) is 6.92 Å². The van der Waals surface area contributed by atoms with Crippen LogP contribution in [0.15, 0.2) is 0 Å². The van der Waals surface area contributed by atoms with Crippen molar-refractivity contribution in [2.45, 2.75) is 71.1 Å². The first-order valence-corrected chi connectivity index (χ1v) is 6.95. The van der Waals surface area contributed by atoms with Gasteiger partial charge in [0.1, 0.15) is 0 Å². The highest BCUT2D eigenvalue weighted by molar-refractivity contribution is 5.82. The first-order valence-electron chi connectivity index (χ1n) is 6.95. The molecule has 0 saturated carbocycles. The summed E-state index contributed by atoms with van der Waals surface area (Å²) >= 11 is 0. The Bertz CT molecular complexity index is 300. The third kappa shape index (κ3) is 4.25. The maximum Gasteiger partial charge on any atom is 0.237 e. The molecule has 0 spiro atoms. The zero-order chi connectivity index (χ0) is 14.0. The number of carbonyl (C=O) groups is 1. The van der Waals surface area contributed by atoms with Gasteiger partial charge < -0.3 is 10.4 Å². The molecule has 0 aliphatic carbocycles. The average Bonchev–Trinajstić information content (AvgIpc) is 2.26. The highest BCUT2D eigenvalue weighted by Gasteiger charge is 2.34. The number of hydrogen-bond acceptors (Lipinski definition) is 3. The topological polar surface area (TPSA) is 52.6 Å². The molecule has 2 unspecified atom stereocenters. The predicted octanol–water partition coefficient (Wildman–Crippen LogP) is 1.53. The van der Waals surface area contributed by atoms with Gasteiger partial charge in [0.25, 0.3) is 0 Å². The quantitative estimate of drug-likeness (QED) is 0.802. The Morgan fingerprint density at radius 2 is 2.17 bits per heavy atom. The van der Waals surface area contributed by atoms with Crippen molar-refractivity contribution < 1.29 is 9.90 Å². The molecule has 1 fully saturated rings. The fraction of sp³-hybridized carbons (Fsp3) is 0.929. The average molecular weight is 256 g/mol. The van der Waals surface area contributed by atoms with Crippen molar-refractivity contribution in [2.24, 2.45) is 0 Å². The van der Waals surface area contributed by atoms with Gasteiger partial charge in [0, 0.05) is 12.1 Å². The summed E-state index contributed by atoms with van der Waals surface area (Å²) in [6, 6.07) is -0.178. The molecule has 1 heterocycles. The molecule has 2 atom stereocenters. The molecule has 4 heteroatoms. The highest BCUT2D eigenvalue weighted by Crippen LogP contribution is 2.22. The van der Waals surface area contributed by atoms with E-state index in [0.29, 0.717) is 6.54 Å². The second-order valence-electron chi connectivity index (χ2n) is 6.47. The lowest BCUT2D eigenvalue weighted by Gasteiger charge is -2.40. The van der Waals surface area contributed by atoms with Gasteiger partial charge >= 0.3 is 0 Å². The van der Waals surface area contributed by atoms with Gasteiger partial charge in [-0.15, -0.1) is 0 Å². The normalized spacial score (nSPS) is 27.9. The Morgan fingerprint density at radius 3 is 2.67 bits per heavy atom.